The summed E-state index contributed by atoms with van der Waals surface area (Å²) < 4.78 is 5.82. The molecule has 0 radical (unpaired) electrons. The molecule has 3 unspecified atom stereocenters. The maximum atomic E-state index is 5.82. The summed E-state index contributed by atoms with van der Waals surface area (Å²) in [5, 5.41) is 3.52. The molecule has 2 aliphatic rings. The lowest BCUT2D eigenvalue weighted by molar-refractivity contribution is -0.0578. The molecule has 1 fully saturated rings. The van der Waals surface area contributed by atoms with Crippen molar-refractivity contribution in [3.63, 3.8) is 0 Å². The Labute approximate surface area is 122 Å². The third kappa shape index (κ3) is 2.84. The van der Waals surface area contributed by atoms with E-state index in [1.54, 1.807) is 0 Å². The summed E-state index contributed by atoms with van der Waals surface area (Å²) >= 11 is 0. The zero-order valence-corrected chi connectivity index (χ0v) is 12.6. The van der Waals surface area contributed by atoms with E-state index in [4.69, 9.17) is 4.74 Å². The van der Waals surface area contributed by atoms with Crippen LogP contribution in [0.2, 0.25) is 0 Å². The van der Waals surface area contributed by atoms with Crippen LogP contribution in [0.1, 0.15) is 38.2 Å². The van der Waals surface area contributed by atoms with E-state index in [2.05, 4.69) is 48.3 Å². The van der Waals surface area contributed by atoms with Gasteiger partial charge in [0.1, 0.15) is 0 Å². The van der Waals surface area contributed by atoms with Crippen molar-refractivity contribution in [2.45, 2.75) is 44.8 Å². The Morgan fingerprint density at radius 3 is 3.05 bits per heavy atom. The van der Waals surface area contributed by atoms with Gasteiger partial charge in [-0.15, -0.1) is 0 Å². The van der Waals surface area contributed by atoms with Gasteiger partial charge in [-0.1, -0.05) is 25.1 Å². The molecule has 1 saturated heterocycles. The fraction of sp³-hybridized carbons (Fsp3) is 0.647. The van der Waals surface area contributed by atoms with Crippen molar-refractivity contribution in [1.29, 1.82) is 0 Å². The first kappa shape index (κ1) is 13.9. The molecule has 0 bridgehead atoms. The number of hydrogen-bond donors (Lipinski definition) is 1. The van der Waals surface area contributed by atoms with Gasteiger partial charge in [0.2, 0.25) is 0 Å². The van der Waals surface area contributed by atoms with Crippen LogP contribution in [-0.4, -0.2) is 43.3 Å². The van der Waals surface area contributed by atoms with E-state index >= 15 is 0 Å². The molecule has 1 aromatic carbocycles. The van der Waals surface area contributed by atoms with E-state index < -0.39 is 0 Å². The number of fused-ring (bicyclic) bond motifs is 1. The van der Waals surface area contributed by atoms with Gasteiger partial charge >= 0.3 is 0 Å². The zero-order valence-electron chi connectivity index (χ0n) is 12.6. The molecule has 0 aromatic heterocycles. The predicted octanol–water partition coefficient (Wildman–Crippen LogP) is 3.09. The van der Waals surface area contributed by atoms with Gasteiger partial charge in [-0.25, -0.2) is 0 Å². The van der Waals surface area contributed by atoms with Gasteiger partial charge < -0.3 is 10.1 Å². The minimum atomic E-state index is 0.370. The minimum absolute atomic E-state index is 0.370. The van der Waals surface area contributed by atoms with Crippen molar-refractivity contribution in [2.75, 3.05) is 31.6 Å². The molecule has 3 rings (SSSR count). The molecular formula is C17H26N2O. The number of ether oxygens (including phenoxy) is 1. The standard InChI is InChI=1S/C17H26N2O/c1-3-15-12-20-13(2)10-19(15)11-14-8-9-18-17-7-5-4-6-16(14)17/h4-7,13-15,18H,3,8-12H2,1-2H3. The lowest BCUT2D eigenvalue weighted by atomic mass is 9.90. The van der Waals surface area contributed by atoms with Crippen LogP contribution >= 0.6 is 0 Å². The van der Waals surface area contributed by atoms with Crippen LogP contribution in [0.3, 0.4) is 0 Å². The molecule has 20 heavy (non-hydrogen) atoms. The number of morpholine rings is 1. The lowest BCUT2D eigenvalue weighted by Gasteiger charge is -2.41. The predicted molar refractivity (Wildman–Crippen MR) is 83.4 cm³/mol. The Morgan fingerprint density at radius 1 is 1.35 bits per heavy atom. The summed E-state index contributed by atoms with van der Waals surface area (Å²) in [5.74, 6) is 0.659. The lowest BCUT2D eigenvalue weighted by Crippen LogP contribution is -2.50. The topological polar surface area (TPSA) is 24.5 Å². The van der Waals surface area contributed by atoms with Crippen molar-refractivity contribution >= 4 is 5.69 Å². The second kappa shape index (κ2) is 6.15. The number of nitrogens with zero attached hydrogens (tertiary/aromatic N) is 1. The Kier molecular flexibility index (Phi) is 4.27. The van der Waals surface area contributed by atoms with E-state index in [0.717, 1.165) is 19.7 Å². The van der Waals surface area contributed by atoms with Crippen LogP contribution in [0.5, 0.6) is 0 Å². The Morgan fingerprint density at radius 2 is 2.20 bits per heavy atom. The number of anilines is 1. The Bertz CT molecular complexity index is 448. The largest absolute Gasteiger partial charge is 0.385 e. The van der Waals surface area contributed by atoms with Gasteiger partial charge in [-0.3, -0.25) is 4.90 Å². The van der Waals surface area contributed by atoms with Crippen LogP contribution < -0.4 is 5.32 Å². The number of nitrogens with one attached hydrogen (secondary N) is 1. The monoisotopic (exact) mass is 274 g/mol. The van der Waals surface area contributed by atoms with Crippen molar-refractivity contribution in [3.8, 4) is 0 Å². The quantitative estimate of drug-likeness (QED) is 0.916. The van der Waals surface area contributed by atoms with Gasteiger partial charge in [0.25, 0.3) is 0 Å². The van der Waals surface area contributed by atoms with Gasteiger partial charge in [0.05, 0.1) is 12.7 Å². The van der Waals surface area contributed by atoms with Crippen molar-refractivity contribution in [2.24, 2.45) is 0 Å². The molecule has 2 heterocycles. The fourth-order valence-electron chi connectivity index (χ4n) is 3.54. The SMILES string of the molecule is CCC1COC(C)CN1CC1CCNc2ccccc21. The molecule has 0 aliphatic carbocycles. The van der Waals surface area contributed by atoms with Crippen LogP contribution in [0.15, 0.2) is 24.3 Å². The minimum Gasteiger partial charge on any atom is -0.385 e. The van der Waals surface area contributed by atoms with E-state index in [-0.39, 0.29) is 0 Å². The second-order valence-electron chi connectivity index (χ2n) is 6.16. The highest BCUT2D eigenvalue weighted by Crippen LogP contribution is 2.33. The van der Waals surface area contributed by atoms with Crippen molar-refractivity contribution in [3.05, 3.63) is 29.8 Å². The highest BCUT2D eigenvalue weighted by Gasteiger charge is 2.29. The molecule has 3 nitrogen and oxygen atoms in total. The molecule has 3 atom stereocenters. The van der Waals surface area contributed by atoms with E-state index in [0.29, 0.717) is 18.1 Å². The van der Waals surface area contributed by atoms with Crippen LogP contribution in [-0.2, 0) is 4.74 Å². The molecular weight excluding hydrogens is 248 g/mol. The highest BCUT2D eigenvalue weighted by atomic mass is 16.5. The first-order valence-corrected chi connectivity index (χ1v) is 7.96. The van der Waals surface area contributed by atoms with Gasteiger partial charge in [-0.2, -0.15) is 0 Å². The molecule has 3 heteroatoms. The van der Waals surface area contributed by atoms with Crippen LogP contribution in [0.4, 0.5) is 5.69 Å². The molecule has 0 saturated carbocycles. The normalized spacial score (nSPS) is 30.6. The highest BCUT2D eigenvalue weighted by molar-refractivity contribution is 5.54. The average molecular weight is 274 g/mol. The van der Waals surface area contributed by atoms with Crippen molar-refractivity contribution < 1.29 is 4.74 Å². The summed E-state index contributed by atoms with van der Waals surface area (Å²) in [5.41, 5.74) is 2.82. The van der Waals surface area contributed by atoms with Crippen LogP contribution in [0.25, 0.3) is 0 Å². The summed E-state index contributed by atoms with van der Waals surface area (Å²) in [6.45, 7) is 8.70. The summed E-state index contributed by atoms with van der Waals surface area (Å²) in [7, 11) is 0. The Balaban J connectivity index is 1.74. The number of hydrogen-bond acceptors (Lipinski definition) is 3. The maximum absolute atomic E-state index is 5.82. The molecule has 0 amide bonds. The van der Waals surface area contributed by atoms with Gasteiger partial charge in [0.15, 0.2) is 0 Å². The molecule has 1 N–H and O–H groups in total. The van der Waals surface area contributed by atoms with E-state index in [1.807, 2.05) is 0 Å². The van der Waals surface area contributed by atoms with E-state index in [1.165, 1.54) is 30.6 Å². The smallest absolute Gasteiger partial charge is 0.0674 e. The third-order valence-electron chi connectivity index (χ3n) is 4.72. The summed E-state index contributed by atoms with van der Waals surface area (Å²) in [4.78, 5) is 2.65. The fourth-order valence-corrected chi connectivity index (χ4v) is 3.54. The number of benzene rings is 1. The van der Waals surface area contributed by atoms with Gasteiger partial charge in [0, 0.05) is 37.3 Å². The molecule has 1 aromatic rings. The van der Waals surface area contributed by atoms with Gasteiger partial charge in [-0.05, 0) is 31.4 Å². The summed E-state index contributed by atoms with van der Waals surface area (Å²) in [6, 6.07) is 9.38. The molecule has 0 spiro atoms. The number of para-hydroxylation sites is 1. The molecule has 110 valence electrons. The first-order valence-electron chi connectivity index (χ1n) is 7.96. The van der Waals surface area contributed by atoms with Crippen LogP contribution in [0, 0.1) is 0 Å². The number of rotatable bonds is 3. The third-order valence-corrected chi connectivity index (χ3v) is 4.72. The Hall–Kier alpha value is -1.06. The maximum Gasteiger partial charge on any atom is 0.0674 e. The summed E-state index contributed by atoms with van der Waals surface area (Å²) in [6.07, 6.45) is 2.79. The second-order valence-corrected chi connectivity index (χ2v) is 6.16. The first-order chi connectivity index (χ1) is 9.78. The zero-order chi connectivity index (χ0) is 13.9. The molecule has 2 aliphatic heterocycles. The van der Waals surface area contributed by atoms with E-state index in [9.17, 15) is 0 Å². The average Bonchev–Trinajstić information content (AvgIpc) is 2.48. The van der Waals surface area contributed by atoms with Crippen molar-refractivity contribution in [1.82, 2.24) is 4.90 Å².